The highest BCUT2D eigenvalue weighted by Crippen LogP contribution is 2.18. The third-order valence-electron chi connectivity index (χ3n) is 2.29. The maximum absolute atomic E-state index is 10.6. The molecule has 15 heavy (non-hydrogen) atoms. The smallest absolute Gasteiger partial charge is 0.355 e. The van der Waals surface area contributed by atoms with Gasteiger partial charge in [0.05, 0.1) is 6.61 Å². The molecule has 1 saturated heterocycles. The van der Waals surface area contributed by atoms with Gasteiger partial charge in [-0.1, -0.05) is 0 Å². The van der Waals surface area contributed by atoms with Crippen molar-refractivity contribution in [2.45, 2.75) is 6.42 Å². The molecule has 0 bridgehead atoms. The first kappa shape index (κ1) is 10.4. The normalized spacial score (nSPS) is 20.4. The van der Waals surface area contributed by atoms with Gasteiger partial charge in [0.15, 0.2) is 10.8 Å². The van der Waals surface area contributed by atoms with E-state index in [1.807, 2.05) is 0 Å². The van der Waals surface area contributed by atoms with Crippen molar-refractivity contribution in [3.8, 4) is 0 Å². The van der Waals surface area contributed by atoms with Crippen molar-refractivity contribution in [3.05, 3.63) is 11.1 Å². The summed E-state index contributed by atoms with van der Waals surface area (Å²) in [5, 5.41) is 14.0. The van der Waals surface area contributed by atoms with Crippen molar-refractivity contribution in [1.82, 2.24) is 4.98 Å². The fourth-order valence-electron chi connectivity index (χ4n) is 1.43. The minimum atomic E-state index is -0.983. The molecule has 5 nitrogen and oxygen atoms in total. The molecule has 1 aromatic heterocycles. The van der Waals surface area contributed by atoms with E-state index in [1.165, 1.54) is 16.7 Å². The van der Waals surface area contributed by atoms with Crippen LogP contribution in [-0.2, 0) is 4.74 Å². The summed E-state index contributed by atoms with van der Waals surface area (Å²) >= 11 is 1.32. The second-order valence-electron chi connectivity index (χ2n) is 3.45. The molecule has 6 heteroatoms. The first-order valence-corrected chi connectivity index (χ1v) is 5.64. The van der Waals surface area contributed by atoms with Crippen LogP contribution in [0.5, 0.6) is 0 Å². The summed E-state index contributed by atoms with van der Waals surface area (Å²) in [6.07, 6.45) is 1.06. The van der Waals surface area contributed by atoms with Crippen LogP contribution in [0, 0.1) is 5.92 Å². The molecular weight excluding hydrogens is 216 g/mol. The molecule has 1 aliphatic heterocycles. The van der Waals surface area contributed by atoms with Gasteiger partial charge >= 0.3 is 5.97 Å². The molecule has 1 aliphatic rings. The number of anilines is 1. The van der Waals surface area contributed by atoms with Gasteiger partial charge < -0.3 is 15.2 Å². The fraction of sp³-hybridized carbons (Fsp3) is 0.556. The van der Waals surface area contributed by atoms with Crippen LogP contribution in [0.3, 0.4) is 0 Å². The SMILES string of the molecule is O=C(O)c1csc(NCC2CCOC2)n1. The molecule has 0 aromatic carbocycles. The van der Waals surface area contributed by atoms with Gasteiger partial charge in [-0.2, -0.15) is 0 Å². The van der Waals surface area contributed by atoms with Gasteiger partial charge in [-0.05, 0) is 6.42 Å². The molecule has 0 amide bonds. The van der Waals surface area contributed by atoms with Gasteiger partial charge in [-0.15, -0.1) is 11.3 Å². The van der Waals surface area contributed by atoms with Crippen molar-refractivity contribution >= 4 is 22.4 Å². The average Bonchev–Trinajstić information content (AvgIpc) is 2.86. The zero-order valence-electron chi connectivity index (χ0n) is 8.10. The number of hydrogen-bond donors (Lipinski definition) is 2. The Bertz CT molecular complexity index is 347. The van der Waals surface area contributed by atoms with E-state index in [0.717, 1.165) is 26.2 Å². The van der Waals surface area contributed by atoms with Crippen molar-refractivity contribution in [3.63, 3.8) is 0 Å². The summed E-state index contributed by atoms with van der Waals surface area (Å²) in [5.74, 6) is -0.467. The van der Waals surface area contributed by atoms with Gasteiger partial charge in [-0.25, -0.2) is 9.78 Å². The number of carboxylic acid groups (broad SMARTS) is 1. The predicted octanol–water partition coefficient (Wildman–Crippen LogP) is 1.29. The Labute approximate surface area is 91.1 Å². The zero-order chi connectivity index (χ0) is 10.7. The molecule has 1 atom stereocenters. The third-order valence-corrected chi connectivity index (χ3v) is 3.09. The number of nitrogens with zero attached hydrogens (tertiary/aromatic N) is 1. The summed E-state index contributed by atoms with van der Waals surface area (Å²) in [5.41, 5.74) is 0.102. The summed E-state index contributed by atoms with van der Waals surface area (Å²) in [4.78, 5) is 14.5. The lowest BCUT2D eigenvalue weighted by molar-refractivity contribution is 0.0691. The molecular formula is C9H12N2O3S. The Kier molecular flexibility index (Phi) is 3.17. The topological polar surface area (TPSA) is 71.5 Å². The van der Waals surface area contributed by atoms with Crippen LogP contribution in [0.1, 0.15) is 16.9 Å². The number of carboxylic acids is 1. The van der Waals surface area contributed by atoms with Crippen LogP contribution in [0.2, 0.25) is 0 Å². The maximum Gasteiger partial charge on any atom is 0.355 e. The minimum absolute atomic E-state index is 0.102. The predicted molar refractivity (Wildman–Crippen MR) is 56.5 cm³/mol. The highest BCUT2D eigenvalue weighted by molar-refractivity contribution is 7.13. The van der Waals surface area contributed by atoms with Gasteiger partial charge in [0.25, 0.3) is 0 Å². The van der Waals surface area contributed by atoms with E-state index in [2.05, 4.69) is 10.3 Å². The number of hydrogen-bond acceptors (Lipinski definition) is 5. The van der Waals surface area contributed by atoms with Crippen LogP contribution < -0.4 is 5.32 Å². The number of nitrogens with one attached hydrogen (secondary N) is 1. The molecule has 2 N–H and O–H groups in total. The number of thiazole rings is 1. The van der Waals surface area contributed by atoms with Crippen LogP contribution in [0.4, 0.5) is 5.13 Å². The standard InChI is InChI=1S/C9H12N2O3S/c12-8(13)7-5-15-9(11-7)10-3-6-1-2-14-4-6/h5-6H,1-4H2,(H,10,11)(H,12,13). The molecule has 1 fully saturated rings. The molecule has 2 heterocycles. The number of aromatic carboxylic acids is 1. The van der Waals surface area contributed by atoms with Crippen LogP contribution in [0.15, 0.2) is 5.38 Å². The maximum atomic E-state index is 10.6. The number of ether oxygens (including phenoxy) is 1. The Hall–Kier alpha value is -1.14. The summed E-state index contributed by atoms with van der Waals surface area (Å²) in [7, 11) is 0. The molecule has 0 aliphatic carbocycles. The second kappa shape index (κ2) is 4.59. The molecule has 0 saturated carbocycles. The average molecular weight is 228 g/mol. The lowest BCUT2D eigenvalue weighted by Crippen LogP contribution is -2.14. The molecule has 1 aromatic rings. The van der Waals surface area contributed by atoms with Crippen LogP contribution in [0.25, 0.3) is 0 Å². The van der Waals surface area contributed by atoms with Crippen molar-refractivity contribution in [2.75, 3.05) is 25.1 Å². The summed E-state index contributed by atoms with van der Waals surface area (Å²) < 4.78 is 5.24. The quantitative estimate of drug-likeness (QED) is 0.812. The molecule has 0 radical (unpaired) electrons. The monoisotopic (exact) mass is 228 g/mol. The van der Waals surface area contributed by atoms with E-state index in [9.17, 15) is 4.79 Å². The zero-order valence-corrected chi connectivity index (χ0v) is 8.92. The molecule has 2 rings (SSSR count). The Morgan fingerprint density at radius 3 is 3.27 bits per heavy atom. The van der Waals surface area contributed by atoms with E-state index < -0.39 is 5.97 Å². The largest absolute Gasteiger partial charge is 0.476 e. The van der Waals surface area contributed by atoms with Crippen molar-refractivity contribution < 1.29 is 14.6 Å². The highest BCUT2D eigenvalue weighted by atomic mass is 32.1. The molecule has 82 valence electrons. The number of rotatable bonds is 4. The van der Waals surface area contributed by atoms with E-state index >= 15 is 0 Å². The summed E-state index contributed by atoms with van der Waals surface area (Å²) in [6, 6.07) is 0. The van der Waals surface area contributed by atoms with Gasteiger partial charge in [0.2, 0.25) is 0 Å². The molecule has 0 spiro atoms. The van der Waals surface area contributed by atoms with Crippen molar-refractivity contribution in [2.24, 2.45) is 5.92 Å². The van der Waals surface area contributed by atoms with E-state index in [0.29, 0.717) is 11.0 Å². The van der Waals surface area contributed by atoms with Crippen LogP contribution in [-0.4, -0.2) is 35.8 Å². The lowest BCUT2D eigenvalue weighted by atomic mass is 10.1. The number of carbonyl (C=O) groups is 1. The van der Waals surface area contributed by atoms with E-state index in [-0.39, 0.29) is 5.69 Å². The first-order valence-electron chi connectivity index (χ1n) is 4.76. The third kappa shape index (κ3) is 2.66. The Morgan fingerprint density at radius 1 is 1.80 bits per heavy atom. The van der Waals surface area contributed by atoms with Crippen molar-refractivity contribution in [1.29, 1.82) is 0 Å². The summed E-state index contributed by atoms with van der Waals surface area (Å²) in [6.45, 7) is 2.40. The van der Waals surface area contributed by atoms with E-state index in [1.54, 1.807) is 0 Å². The Morgan fingerprint density at radius 2 is 2.67 bits per heavy atom. The Balaban J connectivity index is 1.84. The van der Waals surface area contributed by atoms with Gasteiger partial charge in [-0.3, -0.25) is 0 Å². The molecule has 1 unspecified atom stereocenters. The van der Waals surface area contributed by atoms with E-state index in [4.69, 9.17) is 9.84 Å². The fourth-order valence-corrected chi connectivity index (χ4v) is 2.12. The minimum Gasteiger partial charge on any atom is -0.476 e. The first-order chi connectivity index (χ1) is 7.25. The lowest BCUT2D eigenvalue weighted by Gasteiger charge is -2.07. The number of aromatic nitrogens is 1. The van der Waals surface area contributed by atoms with Gasteiger partial charge in [0.1, 0.15) is 0 Å². The highest BCUT2D eigenvalue weighted by Gasteiger charge is 2.16. The van der Waals surface area contributed by atoms with Gasteiger partial charge in [0, 0.05) is 24.4 Å². The van der Waals surface area contributed by atoms with Crippen LogP contribution >= 0.6 is 11.3 Å². The second-order valence-corrected chi connectivity index (χ2v) is 4.31.